The molecule has 2 heterocycles. The molecule has 1 aromatic rings. The highest BCUT2D eigenvalue weighted by Crippen LogP contribution is 2.11. The second-order valence-electron chi connectivity index (χ2n) is 4.03. The lowest BCUT2D eigenvalue weighted by atomic mass is 10.1. The summed E-state index contributed by atoms with van der Waals surface area (Å²) in [5.74, 6) is -0.471. The highest BCUT2D eigenvalue weighted by Gasteiger charge is 2.24. The van der Waals surface area contributed by atoms with Crippen LogP contribution in [-0.2, 0) is 0 Å². The minimum Gasteiger partial charge on any atom is -0.391 e. The van der Waals surface area contributed by atoms with Gasteiger partial charge in [-0.25, -0.2) is 4.79 Å². The number of aliphatic hydroxyl groups excluding tert-OH is 1. The first-order chi connectivity index (χ1) is 8.08. The molecule has 0 radical (unpaired) electrons. The third-order valence-electron chi connectivity index (χ3n) is 2.73. The van der Waals surface area contributed by atoms with E-state index >= 15 is 0 Å². The standard InChI is InChI=1S/C10H13N3O4/c14-6-2-1-3-13(5-6)9(16)7-4-11-10(17)12-8(7)15/h4,6,14H,1-3,5H2,(H2,11,12,15,17). The molecule has 1 aromatic heterocycles. The Morgan fingerprint density at radius 3 is 2.88 bits per heavy atom. The largest absolute Gasteiger partial charge is 0.391 e. The van der Waals surface area contributed by atoms with Crippen LogP contribution in [0.3, 0.4) is 0 Å². The summed E-state index contributed by atoms with van der Waals surface area (Å²) in [6.45, 7) is 0.728. The van der Waals surface area contributed by atoms with Gasteiger partial charge in [-0.15, -0.1) is 0 Å². The molecule has 1 atom stereocenters. The quantitative estimate of drug-likeness (QED) is 0.564. The van der Waals surface area contributed by atoms with Crippen molar-refractivity contribution in [2.24, 2.45) is 0 Å². The van der Waals surface area contributed by atoms with Crippen molar-refractivity contribution in [3.63, 3.8) is 0 Å². The maximum Gasteiger partial charge on any atom is 0.325 e. The van der Waals surface area contributed by atoms with Gasteiger partial charge < -0.3 is 15.0 Å². The summed E-state index contributed by atoms with van der Waals surface area (Å²) in [7, 11) is 0. The van der Waals surface area contributed by atoms with Gasteiger partial charge in [-0.1, -0.05) is 0 Å². The first kappa shape index (κ1) is 11.6. The number of aromatic amines is 2. The summed E-state index contributed by atoms with van der Waals surface area (Å²) in [5, 5.41) is 9.45. The Hall–Kier alpha value is -1.89. The van der Waals surface area contributed by atoms with Crippen LogP contribution in [0.25, 0.3) is 0 Å². The molecular weight excluding hydrogens is 226 g/mol. The number of rotatable bonds is 1. The molecular formula is C10H13N3O4. The van der Waals surface area contributed by atoms with Crippen LogP contribution in [0, 0.1) is 0 Å². The number of carbonyl (C=O) groups excluding carboxylic acids is 1. The molecule has 1 saturated heterocycles. The van der Waals surface area contributed by atoms with Crippen molar-refractivity contribution in [2.75, 3.05) is 13.1 Å². The molecule has 17 heavy (non-hydrogen) atoms. The molecule has 1 aliphatic heterocycles. The van der Waals surface area contributed by atoms with Gasteiger partial charge >= 0.3 is 5.69 Å². The van der Waals surface area contributed by atoms with Crippen molar-refractivity contribution in [3.8, 4) is 0 Å². The zero-order chi connectivity index (χ0) is 12.4. The summed E-state index contributed by atoms with van der Waals surface area (Å²) >= 11 is 0. The van der Waals surface area contributed by atoms with Gasteiger partial charge in [-0.3, -0.25) is 14.6 Å². The number of hydrogen-bond donors (Lipinski definition) is 3. The molecule has 0 bridgehead atoms. The van der Waals surface area contributed by atoms with Gasteiger partial charge in [0, 0.05) is 19.3 Å². The van der Waals surface area contributed by atoms with Gasteiger partial charge in [0.2, 0.25) is 0 Å². The van der Waals surface area contributed by atoms with E-state index in [4.69, 9.17) is 0 Å². The van der Waals surface area contributed by atoms with Gasteiger partial charge in [0.15, 0.2) is 0 Å². The van der Waals surface area contributed by atoms with Crippen molar-refractivity contribution in [1.82, 2.24) is 14.9 Å². The lowest BCUT2D eigenvalue weighted by Gasteiger charge is -2.29. The first-order valence-electron chi connectivity index (χ1n) is 5.37. The van der Waals surface area contributed by atoms with Crippen LogP contribution in [0.5, 0.6) is 0 Å². The van der Waals surface area contributed by atoms with E-state index in [0.29, 0.717) is 19.4 Å². The molecule has 1 unspecified atom stereocenters. The van der Waals surface area contributed by atoms with E-state index in [-0.39, 0.29) is 12.1 Å². The number of nitrogens with zero attached hydrogens (tertiary/aromatic N) is 1. The summed E-state index contributed by atoms with van der Waals surface area (Å²) in [5.41, 5.74) is -1.47. The van der Waals surface area contributed by atoms with Gasteiger partial charge in [-0.2, -0.15) is 0 Å². The van der Waals surface area contributed by atoms with E-state index in [2.05, 4.69) is 4.98 Å². The molecule has 92 valence electrons. The number of amides is 1. The van der Waals surface area contributed by atoms with Gasteiger partial charge in [-0.05, 0) is 12.8 Å². The minimum atomic E-state index is -0.709. The Kier molecular flexibility index (Phi) is 3.10. The zero-order valence-corrected chi connectivity index (χ0v) is 9.10. The fourth-order valence-corrected chi connectivity index (χ4v) is 1.88. The number of nitrogens with one attached hydrogen (secondary N) is 2. The summed E-state index contributed by atoms with van der Waals surface area (Å²) in [6.07, 6.45) is 1.92. The van der Waals surface area contributed by atoms with Crippen molar-refractivity contribution < 1.29 is 9.90 Å². The van der Waals surface area contributed by atoms with Crippen LogP contribution in [-0.4, -0.2) is 45.1 Å². The predicted octanol–water partition coefficient (Wildman–Crippen LogP) is -1.34. The van der Waals surface area contributed by atoms with E-state index < -0.39 is 23.3 Å². The summed E-state index contributed by atoms with van der Waals surface area (Å²) in [6, 6.07) is 0. The molecule has 1 amide bonds. The number of piperidine rings is 1. The molecule has 1 fully saturated rings. The molecule has 0 aromatic carbocycles. The molecule has 1 aliphatic rings. The van der Waals surface area contributed by atoms with Crippen molar-refractivity contribution in [1.29, 1.82) is 0 Å². The number of hydrogen-bond acceptors (Lipinski definition) is 4. The third kappa shape index (κ3) is 2.44. The maximum atomic E-state index is 12.0. The third-order valence-corrected chi connectivity index (χ3v) is 2.73. The lowest BCUT2D eigenvalue weighted by molar-refractivity contribution is 0.0472. The smallest absolute Gasteiger partial charge is 0.325 e. The molecule has 2 rings (SSSR count). The number of aromatic nitrogens is 2. The molecule has 0 spiro atoms. The Morgan fingerprint density at radius 1 is 1.47 bits per heavy atom. The second kappa shape index (κ2) is 4.54. The van der Waals surface area contributed by atoms with Crippen molar-refractivity contribution in [3.05, 3.63) is 32.6 Å². The Morgan fingerprint density at radius 2 is 2.24 bits per heavy atom. The van der Waals surface area contributed by atoms with Crippen LogP contribution in [0.4, 0.5) is 0 Å². The second-order valence-corrected chi connectivity index (χ2v) is 4.03. The first-order valence-corrected chi connectivity index (χ1v) is 5.37. The summed E-state index contributed by atoms with van der Waals surface area (Å²) < 4.78 is 0. The number of H-pyrrole nitrogens is 2. The van der Waals surface area contributed by atoms with Gasteiger partial charge in [0.25, 0.3) is 11.5 Å². The fraction of sp³-hybridized carbons (Fsp3) is 0.500. The molecule has 3 N–H and O–H groups in total. The average molecular weight is 239 g/mol. The van der Waals surface area contributed by atoms with Crippen molar-refractivity contribution >= 4 is 5.91 Å². The van der Waals surface area contributed by atoms with E-state index in [1.54, 1.807) is 0 Å². The fourth-order valence-electron chi connectivity index (χ4n) is 1.88. The number of aliphatic hydroxyl groups is 1. The molecule has 7 nitrogen and oxygen atoms in total. The number of likely N-dealkylation sites (tertiary alicyclic amines) is 1. The highest BCUT2D eigenvalue weighted by molar-refractivity contribution is 5.93. The normalized spacial score (nSPS) is 20.3. The minimum absolute atomic E-state index is 0.112. The number of carbonyl (C=O) groups is 1. The van der Waals surface area contributed by atoms with Gasteiger partial charge in [0.1, 0.15) is 5.56 Å². The monoisotopic (exact) mass is 239 g/mol. The Bertz CT molecular complexity index is 533. The average Bonchev–Trinajstić information content (AvgIpc) is 2.28. The maximum absolute atomic E-state index is 12.0. The van der Waals surface area contributed by atoms with Crippen LogP contribution >= 0.6 is 0 Å². The van der Waals surface area contributed by atoms with E-state index in [1.165, 1.54) is 4.90 Å². The number of β-amino-alcohol motifs (C(OH)–C–C–N with tert-alkyl or cyclic N) is 1. The van der Waals surface area contributed by atoms with Gasteiger partial charge in [0.05, 0.1) is 6.10 Å². The van der Waals surface area contributed by atoms with Crippen molar-refractivity contribution in [2.45, 2.75) is 18.9 Å². The van der Waals surface area contributed by atoms with Crippen LogP contribution in [0.1, 0.15) is 23.2 Å². The van der Waals surface area contributed by atoms with Crippen LogP contribution < -0.4 is 11.2 Å². The van der Waals surface area contributed by atoms with E-state index in [9.17, 15) is 19.5 Å². The predicted molar refractivity (Wildman–Crippen MR) is 58.8 cm³/mol. The molecule has 0 aliphatic carbocycles. The lowest BCUT2D eigenvalue weighted by Crippen LogP contribution is -2.44. The van der Waals surface area contributed by atoms with Crippen LogP contribution in [0.2, 0.25) is 0 Å². The summed E-state index contributed by atoms with van der Waals surface area (Å²) in [4.78, 5) is 39.8. The Labute approximate surface area is 96.1 Å². The Balaban J connectivity index is 2.24. The topological polar surface area (TPSA) is 106 Å². The molecule has 7 heteroatoms. The van der Waals surface area contributed by atoms with E-state index in [1.807, 2.05) is 4.98 Å². The zero-order valence-electron chi connectivity index (χ0n) is 9.10. The SMILES string of the molecule is O=C(c1c[nH]c(=O)[nH]c1=O)N1CCCC(O)C1. The van der Waals surface area contributed by atoms with Crippen LogP contribution in [0.15, 0.2) is 15.8 Å². The molecule has 0 saturated carbocycles. The highest BCUT2D eigenvalue weighted by atomic mass is 16.3. The van der Waals surface area contributed by atoms with E-state index in [0.717, 1.165) is 6.20 Å².